The molecule has 1 aliphatic heterocycles. The number of carbonyl (C=O) groups excluding carboxylic acids is 1. The Morgan fingerprint density at radius 3 is 2.62 bits per heavy atom. The zero-order valence-electron chi connectivity index (χ0n) is 12.3. The van der Waals surface area contributed by atoms with Crippen molar-refractivity contribution in [3.63, 3.8) is 0 Å². The van der Waals surface area contributed by atoms with E-state index < -0.39 is 0 Å². The van der Waals surface area contributed by atoms with Gasteiger partial charge >= 0.3 is 0 Å². The lowest BCUT2D eigenvalue weighted by atomic mass is 10.0. The second-order valence-corrected chi connectivity index (χ2v) is 5.61. The SMILES string of the molecule is Cc1cccc(N)c1C(=O)N1CCCC1c1ccccc1. The first-order chi connectivity index (χ1) is 10.2. The van der Waals surface area contributed by atoms with Gasteiger partial charge in [-0.3, -0.25) is 4.79 Å². The Labute approximate surface area is 125 Å². The Bertz CT molecular complexity index is 631. The van der Waals surface area contributed by atoms with Crippen molar-refractivity contribution in [2.75, 3.05) is 12.3 Å². The molecule has 1 amide bonds. The van der Waals surface area contributed by atoms with E-state index in [0.29, 0.717) is 11.3 Å². The highest BCUT2D eigenvalue weighted by Gasteiger charge is 2.31. The summed E-state index contributed by atoms with van der Waals surface area (Å²) in [6, 6.07) is 16.0. The fourth-order valence-electron chi connectivity index (χ4n) is 3.16. The van der Waals surface area contributed by atoms with Crippen LogP contribution in [0.2, 0.25) is 0 Å². The summed E-state index contributed by atoms with van der Waals surface area (Å²) in [5, 5.41) is 0. The van der Waals surface area contributed by atoms with E-state index in [1.54, 1.807) is 6.07 Å². The number of benzene rings is 2. The van der Waals surface area contributed by atoms with Crippen molar-refractivity contribution < 1.29 is 4.79 Å². The summed E-state index contributed by atoms with van der Waals surface area (Å²) in [5.41, 5.74) is 9.40. The molecule has 1 heterocycles. The lowest BCUT2D eigenvalue weighted by Crippen LogP contribution is -2.31. The van der Waals surface area contributed by atoms with Crippen LogP contribution in [0.15, 0.2) is 48.5 Å². The molecule has 1 fully saturated rings. The Morgan fingerprint density at radius 2 is 1.90 bits per heavy atom. The Kier molecular flexibility index (Phi) is 3.65. The monoisotopic (exact) mass is 280 g/mol. The Balaban J connectivity index is 1.94. The minimum atomic E-state index is 0.0527. The first-order valence-electron chi connectivity index (χ1n) is 7.39. The van der Waals surface area contributed by atoms with Crippen molar-refractivity contribution in [3.8, 4) is 0 Å². The molecule has 1 unspecified atom stereocenters. The maximum absolute atomic E-state index is 12.9. The quantitative estimate of drug-likeness (QED) is 0.855. The van der Waals surface area contributed by atoms with E-state index in [4.69, 9.17) is 5.73 Å². The van der Waals surface area contributed by atoms with Crippen molar-refractivity contribution in [1.29, 1.82) is 0 Å². The molecule has 0 radical (unpaired) electrons. The number of nitrogens with zero attached hydrogens (tertiary/aromatic N) is 1. The maximum Gasteiger partial charge on any atom is 0.256 e. The van der Waals surface area contributed by atoms with E-state index >= 15 is 0 Å². The van der Waals surface area contributed by atoms with Crippen LogP contribution in [0.1, 0.15) is 40.4 Å². The smallest absolute Gasteiger partial charge is 0.256 e. The van der Waals surface area contributed by atoms with E-state index in [-0.39, 0.29) is 11.9 Å². The van der Waals surface area contributed by atoms with Gasteiger partial charge in [-0.15, -0.1) is 0 Å². The maximum atomic E-state index is 12.9. The van der Waals surface area contributed by atoms with Crippen LogP contribution in [0.3, 0.4) is 0 Å². The highest BCUT2D eigenvalue weighted by Crippen LogP contribution is 2.34. The summed E-state index contributed by atoms with van der Waals surface area (Å²) >= 11 is 0. The van der Waals surface area contributed by atoms with Crippen LogP contribution >= 0.6 is 0 Å². The molecule has 1 atom stereocenters. The van der Waals surface area contributed by atoms with Gasteiger partial charge in [0.25, 0.3) is 5.91 Å². The number of nitrogen functional groups attached to an aromatic ring is 1. The fourth-order valence-corrected chi connectivity index (χ4v) is 3.16. The number of amides is 1. The van der Waals surface area contributed by atoms with Gasteiger partial charge in [-0.05, 0) is 37.0 Å². The first-order valence-corrected chi connectivity index (χ1v) is 7.39. The summed E-state index contributed by atoms with van der Waals surface area (Å²) in [6.45, 7) is 2.74. The average molecular weight is 280 g/mol. The van der Waals surface area contributed by atoms with Crippen LogP contribution in [-0.2, 0) is 0 Å². The molecule has 2 aromatic carbocycles. The zero-order chi connectivity index (χ0) is 14.8. The first kappa shape index (κ1) is 13.7. The molecule has 0 aromatic heterocycles. The third-order valence-corrected chi connectivity index (χ3v) is 4.22. The van der Waals surface area contributed by atoms with Crippen LogP contribution < -0.4 is 5.73 Å². The number of likely N-dealkylation sites (tertiary alicyclic amines) is 1. The molecule has 3 nitrogen and oxygen atoms in total. The number of nitrogens with two attached hydrogens (primary N) is 1. The summed E-state index contributed by atoms with van der Waals surface area (Å²) in [4.78, 5) is 14.9. The number of hydrogen-bond donors (Lipinski definition) is 1. The summed E-state index contributed by atoms with van der Waals surface area (Å²) in [7, 11) is 0. The molecule has 21 heavy (non-hydrogen) atoms. The Hall–Kier alpha value is -2.29. The van der Waals surface area contributed by atoms with Gasteiger partial charge in [-0.25, -0.2) is 0 Å². The van der Waals surface area contributed by atoms with Crippen molar-refractivity contribution >= 4 is 11.6 Å². The average Bonchev–Trinajstić information content (AvgIpc) is 2.97. The van der Waals surface area contributed by atoms with E-state index in [9.17, 15) is 4.79 Å². The van der Waals surface area contributed by atoms with Crippen LogP contribution in [0, 0.1) is 6.92 Å². The molecular weight excluding hydrogens is 260 g/mol. The predicted octanol–water partition coefficient (Wildman–Crippen LogP) is 3.55. The molecule has 2 aromatic rings. The van der Waals surface area contributed by atoms with Gasteiger partial charge in [0, 0.05) is 12.2 Å². The normalized spacial score (nSPS) is 18.0. The Morgan fingerprint density at radius 1 is 1.14 bits per heavy atom. The van der Waals surface area contributed by atoms with E-state index in [0.717, 1.165) is 24.9 Å². The number of aryl methyl sites for hydroxylation is 1. The standard InChI is InChI=1S/C18H20N2O/c1-13-7-5-10-15(19)17(13)18(21)20-12-6-11-16(20)14-8-3-2-4-9-14/h2-5,7-10,16H,6,11-12,19H2,1H3. The van der Waals surface area contributed by atoms with Crippen molar-refractivity contribution in [2.24, 2.45) is 0 Å². The number of hydrogen-bond acceptors (Lipinski definition) is 2. The molecule has 3 rings (SSSR count). The van der Waals surface area contributed by atoms with Crippen LogP contribution in [0.25, 0.3) is 0 Å². The van der Waals surface area contributed by atoms with Crippen LogP contribution in [-0.4, -0.2) is 17.4 Å². The van der Waals surface area contributed by atoms with Crippen LogP contribution in [0.5, 0.6) is 0 Å². The second-order valence-electron chi connectivity index (χ2n) is 5.61. The number of anilines is 1. The van der Waals surface area contributed by atoms with Gasteiger partial charge in [0.2, 0.25) is 0 Å². The molecule has 1 aliphatic rings. The summed E-state index contributed by atoms with van der Waals surface area (Å²) in [6.07, 6.45) is 2.05. The molecule has 0 saturated carbocycles. The van der Waals surface area contributed by atoms with Gasteiger partial charge in [-0.1, -0.05) is 42.5 Å². The fraction of sp³-hybridized carbons (Fsp3) is 0.278. The molecule has 108 valence electrons. The van der Waals surface area contributed by atoms with Gasteiger partial charge in [-0.2, -0.15) is 0 Å². The minimum Gasteiger partial charge on any atom is -0.398 e. The van der Waals surface area contributed by atoms with Crippen molar-refractivity contribution in [3.05, 3.63) is 65.2 Å². The third-order valence-electron chi connectivity index (χ3n) is 4.22. The molecule has 1 saturated heterocycles. The molecule has 0 aliphatic carbocycles. The zero-order valence-corrected chi connectivity index (χ0v) is 12.3. The van der Waals surface area contributed by atoms with Crippen LogP contribution in [0.4, 0.5) is 5.69 Å². The molecular formula is C18H20N2O. The van der Waals surface area contributed by atoms with Gasteiger partial charge < -0.3 is 10.6 Å². The summed E-state index contributed by atoms with van der Waals surface area (Å²) in [5.74, 6) is 0.0527. The van der Waals surface area contributed by atoms with Crippen molar-refractivity contribution in [2.45, 2.75) is 25.8 Å². The molecule has 0 bridgehead atoms. The third kappa shape index (κ3) is 2.51. The topological polar surface area (TPSA) is 46.3 Å². The number of carbonyl (C=O) groups is 1. The highest BCUT2D eigenvalue weighted by molar-refractivity contribution is 6.00. The minimum absolute atomic E-state index is 0.0527. The van der Waals surface area contributed by atoms with Gasteiger partial charge in [0.1, 0.15) is 0 Å². The molecule has 3 heteroatoms. The lowest BCUT2D eigenvalue weighted by molar-refractivity contribution is 0.0736. The largest absolute Gasteiger partial charge is 0.398 e. The lowest BCUT2D eigenvalue weighted by Gasteiger charge is -2.26. The predicted molar refractivity (Wildman–Crippen MR) is 85.0 cm³/mol. The van der Waals surface area contributed by atoms with Gasteiger partial charge in [0.15, 0.2) is 0 Å². The molecule has 0 spiro atoms. The number of rotatable bonds is 2. The van der Waals surface area contributed by atoms with E-state index in [2.05, 4.69) is 12.1 Å². The van der Waals surface area contributed by atoms with E-state index in [1.165, 1.54) is 5.56 Å². The van der Waals surface area contributed by atoms with Gasteiger partial charge in [0.05, 0.1) is 11.6 Å². The summed E-state index contributed by atoms with van der Waals surface area (Å²) < 4.78 is 0. The van der Waals surface area contributed by atoms with E-state index in [1.807, 2.05) is 42.2 Å². The van der Waals surface area contributed by atoms with Crippen molar-refractivity contribution in [1.82, 2.24) is 4.90 Å². The highest BCUT2D eigenvalue weighted by atomic mass is 16.2. The second kappa shape index (κ2) is 5.60. The molecule has 2 N–H and O–H groups in total.